The summed E-state index contributed by atoms with van der Waals surface area (Å²) in [5.74, 6) is 1.85. The van der Waals surface area contributed by atoms with Crippen LogP contribution in [0.25, 0.3) is 0 Å². The highest BCUT2D eigenvalue weighted by molar-refractivity contribution is 5.76. The molecule has 0 aliphatic rings. The molecule has 0 saturated heterocycles. The molecule has 108 valence electrons. The van der Waals surface area contributed by atoms with E-state index in [-0.39, 0.29) is 11.9 Å². The normalized spacial score (nSPS) is 12.7. The van der Waals surface area contributed by atoms with Gasteiger partial charge in [0.15, 0.2) is 0 Å². The lowest BCUT2D eigenvalue weighted by molar-refractivity contribution is -0.122. The summed E-state index contributed by atoms with van der Waals surface area (Å²) in [4.78, 5) is 13.8. The average molecular weight is 267 g/mol. The number of nitrogens with two attached hydrogens (primary N) is 1. The van der Waals surface area contributed by atoms with Crippen LogP contribution in [-0.4, -0.2) is 37.0 Å². The number of nitrogens with zero attached hydrogens (tertiary/aromatic N) is 1. The van der Waals surface area contributed by atoms with Gasteiger partial charge in [-0.1, -0.05) is 6.92 Å². The highest BCUT2D eigenvalue weighted by atomic mass is 16.3. The van der Waals surface area contributed by atoms with Crippen molar-refractivity contribution < 1.29 is 9.21 Å². The molecule has 1 heterocycles. The maximum Gasteiger partial charge on any atom is 0.221 e. The van der Waals surface area contributed by atoms with Gasteiger partial charge in [0.05, 0.1) is 6.54 Å². The molecule has 0 radical (unpaired) electrons. The molecule has 0 aromatic carbocycles. The summed E-state index contributed by atoms with van der Waals surface area (Å²) in [6, 6.07) is 3.92. The topological polar surface area (TPSA) is 71.5 Å². The SMILES string of the molecule is CCCNC(=O)CC(CN)N(C)Cc1ccc(C)o1. The zero-order valence-corrected chi connectivity index (χ0v) is 12.1. The van der Waals surface area contributed by atoms with Crippen molar-refractivity contribution in [2.24, 2.45) is 5.73 Å². The monoisotopic (exact) mass is 267 g/mol. The van der Waals surface area contributed by atoms with Gasteiger partial charge in [-0.25, -0.2) is 0 Å². The van der Waals surface area contributed by atoms with E-state index in [1.807, 2.05) is 33.0 Å². The Labute approximate surface area is 115 Å². The van der Waals surface area contributed by atoms with Gasteiger partial charge in [0, 0.05) is 25.6 Å². The zero-order valence-electron chi connectivity index (χ0n) is 12.1. The average Bonchev–Trinajstić information content (AvgIpc) is 2.78. The Hall–Kier alpha value is -1.33. The van der Waals surface area contributed by atoms with Crippen molar-refractivity contribution in [1.29, 1.82) is 0 Å². The third-order valence-corrected chi connectivity index (χ3v) is 3.09. The molecule has 3 N–H and O–H groups in total. The standard InChI is InChI=1S/C14H25N3O2/c1-4-7-16-14(18)8-12(9-15)17(3)10-13-6-5-11(2)19-13/h5-6,12H,4,7-10,15H2,1-3H3,(H,16,18). The predicted octanol–water partition coefficient (Wildman–Crippen LogP) is 1.26. The summed E-state index contributed by atoms with van der Waals surface area (Å²) in [5, 5.41) is 2.88. The number of carbonyl (C=O) groups is 1. The fourth-order valence-corrected chi connectivity index (χ4v) is 1.91. The molecule has 0 fully saturated rings. The van der Waals surface area contributed by atoms with Crippen molar-refractivity contribution in [3.8, 4) is 0 Å². The number of amides is 1. The van der Waals surface area contributed by atoms with Crippen LogP contribution in [0.4, 0.5) is 0 Å². The van der Waals surface area contributed by atoms with E-state index in [9.17, 15) is 4.79 Å². The van der Waals surface area contributed by atoms with Gasteiger partial charge in [0.2, 0.25) is 5.91 Å². The minimum absolute atomic E-state index is 0.0299. The summed E-state index contributed by atoms with van der Waals surface area (Å²) in [5.41, 5.74) is 5.76. The fraction of sp³-hybridized carbons (Fsp3) is 0.643. The van der Waals surface area contributed by atoms with Gasteiger partial charge in [-0.15, -0.1) is 0 Å². The summed E-state index contributed by atoms with van der Waals surface area (Å²) >= 11 is 0. The molecule has 19 heavy (non-hydrogen) atoms. The van der Waals surface area contributed by atoms with Gasteiger partial charge in [0.25, 0.3) is 0 Å². The molecule has 0 aliphatic heterocycles. The predicted molar refractivity (Wildman–Crippen MR) is 75.7 cm³/mol. The first-order valence-electron chi connectivity index (χ1n) is 6.79. The number of rotatable bonds is 8. The number of furan rings is 1. The van der Waals surface area contributed by atoms with Crippen LogP contribution in [0, 0.1) is 6.92 Å². The van der Waals surface area contributed by atoms with Crippen molar-refractivity contribution >= 4 is 5.91 Å². The first kappa shape index (κ1) is 15.7. The van der Waals surface area contributed by atoms with E-state index in [0.717, 1.165) is 24.5 Å². The number of likely N-dealkylation sites (N-methyl/N-ethyl adjacent to an activating group) is 1. The lowest BCUT2D eigenvalue weighted by Crippen LogP contribution is -2.41. The Morgan fingerprint density at radius 1 is 1.53 bits per heavy atom. The van der Waals surface area contributed by atoms with Crippen molar-refractivity contribution in [2.75, 3.05) is 20.1 Å². The number of hydrogen-bond donors (Lipinski definition) is 2. The zero-order chi connectivity index (χ0) is 14.3. The fourth-order valence-electron chi connectivity index (χ4n) is 1.91. The number of hydrogen-bond acceptors (Lipinski definition) is 4. The summed E-state index contributed by atoms with van der Waals surface area (Å²) in [7, 11) is 1.96. The molecule has 0 spiro atoms. The van der Waals surface area contributed by atoms with E-state index in [0.29, 0.717) is 19.5 Å². The molecule has 5 nitrogen and oxygen atoms in total. The third kappa shape index (κ3) is 5.44. The van der Waals surface area contributed by atoms with E-state index in [1.54, 1.807) is 0 Å². The molecule has 1 aromatic rings. The van der Waals surface area contributed by atoms with E-state index in [4.69, 9.17) is 10.2 Å². The van der Waals surface area contributed by atoms with Gasteiger partial charge in [-0.3, -0.25) is 9.69 Å². The van der Waals surface area contributed by atoms with Crippen LogP contribution < -0.4 is 11.1 Å². The van der Waals surface area contributed by atoms with E-state index in [2.05, 4.69) is 10.2 Å². The molecule has 0 bridgehead atoms. The van der Waals surface area contributed by atoms with Gasteiger partial charge in [-0.05, 0) is 32.5 Å². The Kier molecular flexibility index (Phi) is 6.59. The van der Waals surface area contributed by atoms with Gasteiger partial charge in [-0.2, -0.15) is 0 Å². The maximum atomic E-state index is 11.7. The number of carbonyl (C=O) groups excluding carboxylic acids is 1. The second-order valence-corrected chi connectivity index (χ2v) is 4.87. The second-order valence-electron chi connectivity index (χ2n) is 4.87. The van der Waals surface area contributed by atoms with Crippen LogP contribution in [0.5, 0.6) is 0 Å². The Morgan fingerprint density at radius 3 is 2.79 bits per heavy atom. The minimum atomic E-state index is 0.0299. The van der Waals surface area contributed by atoms with Crippen molar-refractivity contribution in [2.45, 2.75) is 39.3 Å². The highest BCUT2D eigenvalue weighted by Gasteiger charge is 2.18. The summed E-state index contributed by atoms with van der Waals surface area (Å²) in [6.45, 7) is 5.79. The second kappa shape index (κ2) is 7.96. The van der Waals surface area contributed by atoms with Crippen molar-refractivity contribution in [1.82, 2.24) is 10.2 Å². The van der Waals surface area contributed by atoms with Crippen LogP contribution >= 0.6 is 0 Å². The highest BCUT2D eigenvalue weighted by Crippen LogP contribution is 2.11. The molecule has 0 aliphatic carbocycles. The smallest absolute Gasteiger partial charge is 0.221 e. The van der Waals surface area contributed by atoms with Crippen molar-refractivity contribution in [3.63, 3.8) is 0 Å². The Balaban J connectivity index is 2.46. The first-order valence-corrected chi connectivity index (χ1v) is 6.79. The molecule has 1 atom stereocenters. The van der Waals surface area contributed by atoms with Gasteiger partial charge in [0.1, 0.15) is 11.5 Å². The summed E-state index contributed by atoms with van der Waals surface area (Å²) in [6.07, 6.45) is 1.37. The third-order valence-electron chi connectivity index (χ3n) is 3.09. The van der Waals surface area contributed by atoms with E-state index in [1.165, 1.54) is 0 Å². The molecule has 0 saturated carbocycles. The van der Waals surface area contributed by atoms with Gasteiger partial charge < -0.3 is 15.5 Å². The quantitative estimate of drug-likeness (QED) is 0.744. The number of aryl methyl sites for hydroxylation is 1. The van der Waals surface area contributed by atoms with E-state index >= 15 is 0 Å². The molecular formula is C14H25N3O2. The molecule has 1 amide bonds. The van der Waals surface area contributed by atoms with Gasteiger partial charge >= 0.3 is 0 Å². The minimum Gasteiger partial charge on any atom is -0.465 e. The van der Waals surface area contributed by atoms with Crippen LogP contribution in [0.15, 0.2) is 16.5 Å². The Bertz CT molecular complexity index is 390. The first-order chi connectivity index (χ1) is 9.06. The lowest BCUT2D eigenvalue weighted by Gasteiger charge is -2.25. The molecule has 1 rings (SSSR count). The lowest BCUT2D eigenvalue weighted by atomic mass is 10.1. The molecule has 5 heteroatoms. The summed E-state index contributed by atoms with van der Waals surface area (Å²) < 4.78 is 5.54. The molecule has 1 unspecified atom stereocenters. The van der Waals surface area contributed by atoms with Crippen LogP contribution in [0.1, 0.15) is 31.3 Å². The van der Waals surface area contributed by atoms with Crippen LogP contribution in [-0.2, 0) is 11.3 Å². The van der Waals surface area contributed by atoms with Crippen LogP contribution in [0.3, 0.4) is 0 Å². The van der Waals surface area contributed by atoms with E-state index < -0.39 is 0 Å². The Morgan fingerprint density at radius 2 is 2.26 bits per heavy atom. The van der Waals surface area contributed by atoms with Crippen LogP contribution in [0.2, 0.25) is 0 Å². The molecular weight excluding hydrogens is 242 g/mol. The maximum absolute atomic E-state index is 11.7. The van der Waals surface area contributed by atoms with Crippen molar-refractivity contribution in [3.05, 3.63) is 23.7 Å². The largest absolute Gasteiger partial charge is 0.465 e. The number of nitrogens with one attached hydrogen (secondary N) is 1. The molecule has 1 aromatic heterocycles.